The molecule has 158 valence electrons. The summed E-state index contributed by atoms with van der Waals surface area (Å²) in [7, 11) is 1.45. The summed E-state index contributed by atoms with van der Waals surface area (Å²) in [4.78, 5) is 34.2. The third-order valence-corrected chi connectivity index (χ3v) is 4.24. The van der Waals surface area contributed by atoms with Gasteiger partial charge in [0.2, 0.25) is 0 Å². The number of furan rings is 1. The Morgan fingerprint density at radius 2 is 1.97 bits per heavy atom. The smallest absolute Gasteiger partial charge is 0.329 e. The minimum Gasteiger partial charge on any atom is -0.495 e. The quantitative estimate of drug-likeness (QED) is 0.259. The number of benzene rings is 2. The van der Waals surface area contributed by atoms with Gasteiger partial charge in [-0.25, -0.2) is 5.43 Å². The van der Waals surface area contributed by atoms with Crippen LogP contribution in [-0.4, -0.2) is 30.1 Å². The molecular weight excluding hydrogens is 428 g/mol. The van der Waals surface area contributed by atoms with Crippen LogP contribution < -0.4 is 15.5 Å². The normalized spacial score (nSPS) is 10.6. The number of hydrogen-bond acceptors (Lipinski definition) is 7. The molecule has 0 atom stereocenters. The first-order valence-corrected chi connectivity index (χ1v) is 9.08. The number of methoxy groups -OCH3 is 1. The van der Waals surface area contributed by atoms with Crippen LogP contribution in [-0.2, 0) is 9.59 Å². The zero-order valence-corrected chi connectivity index (χ0v) is 16.8. The van der Waals surface area contributed by atoms with Crippen molar-refractivity contribution in [3.63, 3.8) is 0 Å². The highest BCUT2D eigenvalue weighted by Crippen LogP contribution is 2.27. The molecule has 0 unspecified atom stereocenters. The van der Waals surface area contributed by atoms with Crippen LogP contribution in [0, 0.1) is 10.1 Å². The molecule has 0 saturated heterocycles. The van der Waals surface area contributed by atoms with Gasteiger partial charge in [0.25, 0.3) is 5.69 Å². The number of hydrazone groups is 1. The molecule has 3 rings (SSSR count). The summed E-state index contributed by atoms with van der Waals surface area (Å²) < 4.78 is 10.5. The zero-order chi connectivity index (χ0) is 22.4. The molecule has 1 heterocycles. The predicted octanol–water partition coefficient (Wildman–Crippen LogP) is 3.61. The fraction of sp³-hybridized carbons (Fsp3) is 0.0500. The van der Waals surface area contributed by atoms with Gasteiger partial charge in [-0.05, 0) is 30.3 Å². The number of halogens is 1. The number of nitro benzene ring substituents is 1. The van der Waals surface area contributed by atoms with Gasteiger partial charge in [-0.3, -0.25) is 19.7 Å². The fourth-order valence-corrected chi connectivity index (χ4v) is 2.75. The summed E-state index contributed by atoms with van der Waals surface area (Å²) >= 11 is 5.97. The highest BCUT2D eigenvalue weighted by Gasteiger charge is 2.14. The Morgan fingerprint density at radius 3 is 2.68 bits per heavy atom. The lowest BCUT2D eigenvalue weighted by atomic mass is 10.1. The molecule has 0 saturated carbocycles. The molecule has 0 aliphatic rings. The van der Waals surface area contributed by atoms with E-state index in [-0.39, 0.29) is 16.5 Å². The lowest BCUT2D eigenvalue weighted by Gasteiger charge is -2.07. The molecule has 1 aromatic heterocycles. The van der Waals surface area contributed by atoms with Crippen LogP contribution in [0.1, 0.15) is 5.76 Å². The number of anilines is 1. The number of rotatable bonds is 6. The second-order valence-electron chi connectivity index (χ2n) is 6.01. The summed E-state index contributed by atoms with van der Waals surface area (Å²) in [6.45, 7) is 0. The number of ether oxygens (including phenoxy) is 1. The molecule has 2 amide bonds. The highest BCUT2D eigenvalue weighted by molar-refractivity contribution is 6.40. The molecule has 2 aromatic carbocycles. The molecule has 0 radical (unpaired) electrons. The second-order valence-corrected chi connectivity index (χ2v) is 6.42. The fourth-order valence-electron chi connectivity index (χ4n) is 2.49. The van der Waals surface area contributed by atoms with Crippen LogP contribution >= 0.6 is 11.6 Å². The van der Waals surface area contributed by atoms with Crippen molar-refractivity contribution in [3.8, 4) is 17.1 Å². The lowest BCUT2D eigenvalue weighted by molar-refractivity contribution is -0.384. The van der Waals surface area contributed by atoms with Gasteiger partial charge in [0.1, 0.15) is 17.3 Å². The number of non-ortho nitro benzene ring substituents is 1. The topological polar surface area (TPSA) is 136 Å². The number of nitrogens with zero attached hydrogens (tertiary/aromatic N) is 2. The van der Waals surface area contributed by atoms with E-state index >= 15 is 0 Å². The molecule has 0 fully saturated rings. The number of amides is 2. The number of hydrogen-bond donors (Lipinski definition) is 2. The van der Waals surface area contributed by atoms with Crippen molar-refractivity contribution in [1.82, 2.24) is 5.43 Å². The summed E-state index contributed by atoms with van der Waals surface area (Å²) in [5.74, 6) is -0.879. The number of nitrogens with one attached hydrogen (secondary N) is 2. The van der Waals surface area contributed by atoms with Crippen LogP contribution in [0.4, 0.5) is 11.4 Å². The summed E-state index contributed by atoms with van der Waals surface area (Å²) in [5.41, 5.74) is 2.82. The SMILES string of the molecule is COc1ccc(NC(=O)C(=O)NN=Cc2ccc(-c3cccc([N+](=O)[O-])c3)o2)cc1Cl. The monoisotopic (exact) mass is 442 g/mol. The van der Waals surface area contributed by atoms with Gasteiger partial charge in [-0.1, -0.05) is 23.7 Å². The Hall–Kier alpha value is -4.18. The Morgan fingerprint density at radius 1 is 1.16 bits per heavy atom. The second kappa shape index (κ2) is 9.55. The van der Waals surface area contributed by atoms with E-state index in [2.05, 4.69) is 15.8 Å². The molecule has 10 nitrogen and oxygen atoms in total. The third-order valence-electron chi connectivity index (χ3n) is 3.94. The first-order chi connectivity index (χ1) is 14.9. The van der Waals surface area contributed by atoms with Crippen molar-refractivity contribution in [2.75, 3.05) is 12.4 Å². The van der Waals surface area contributed by atoms with Gasteiger partial charge < -0.3 is 14.5 Å². The van der Waals surface area contributed by atoms with E-state index in [0.29, 0.717) is 22.8 Å². The van der Waals surface area contributed by atoms with E-state index in [9.17, 15) is 19.7 Å². The van der Waals surface area contributed by atoms with Crippen molar-refractivity contribution in [3.05, 3.63) is 75.5 Å². The minimum absolute atomic E-state index is 0.0689. The zero-order valence-electron chi connectivity index (χ0n) is 16.0. The summed E-state index contributed by atoms with van der Waals surface area (Å²) in [6, 6.07) is 13.6. The standard InChI is InChI=1S/C20H15ClN4O6/c1-30-18-7-5-13(10-16(18)21)23-19(26)20(27)24-22-11-15-6-8-17(31-15)12-3-2-4-14(9-12)25(28)29/h2-11H,1H3,(H,23,26)(H,24,27). The average molecular weight is 443 g/mol. The average Bonchev–Trinajstić information content (AvgIpc) is 3.23. The van der Waals surface area contributed by atoms with Gasteiger partial charge in [0.05, 0.1) is 23.3 Å². The van der Waals surface area contributed by atoms with Gasteiger partial charge in [-0.2, -0.15) is 5.10 Å². The van der Waals surface area contributed by atoms with Crippen LogP contribution in [0.3, 0.4) is 0 Å². The van der Waals surface area contributed by atoms with Crippen molar-refractivity contribution < 1.29 is 23.7 Å². The first-order valence-electron chi connectivity index (χ1n) is 8.70. The van der Waals surface area contributed by atoms with Crippen LogP contribution in [0.5, 0.6) is 5.75 Å². The number of carbonyl (C=O) groups is 2. The molecule has 0 bridgehead atoms. The van der Waals surface area contributed by atoms with Crippen molar-refractivity contribution >= 4 is 41.0 Å². The Kier molecular flexibility index (Phi) is 6.63. The maximum atomic E-state index is 11.9. The van der Waals surface area contributed by atoms with Crippen LogP contribution in [0.2, 0.25) is 5.02 Å². The Balaban J connectivity index is 1.58. The molecule has 11 heteroatoms. The molecule has 0 spiro atoms. The van der Waals surface area contributed by atoms with Crippen molar-refractivity contribution in [2.24, 2.45) is 5.10 Å². The van der Waals surface area contributed by atoms with Crippen molar-refractivity contribution in [1.29, 1.82) is 0 Å². The number of carbonyl (C=O) groups excluding carboxylic acids is 2. The maximum absolute atomic E-state index is 11.9. The molecular formula is C20H15ClN4O6. The maximum Gasteiger partial charge on any atom is 0.329 e. The highest BCUT2D eigenvalue weighted by atomic mass is 35.5. The Bertz CT molecular complexity index is 1170. The molecule has 0 aliphatic carbocycles. The summed E-state index contributed by atoms with van der Waals surface area (Å²) in [6.07, 6.45) is 1.19. The van der Waals surface area contributed by atoms with E-state index in [0.717, 1.165) is 0 Å². The van der Waals surface area contributed by atoms with E-state index < -0.39 is 16.7 Å². The Labute approximate surface area is 180 Å². The van der Waals surface area contributed by atoms with Gasteiger partial charge >= 0.3 is 11.8 Å². The molecule has 3 aromatic rings. The van der Waals surface area contributed by atoms with Gasteiger partial charge in [-0.15, -0.1) is 0 Å². The first kappa shape index (κ1) is 21.5. The third kappa shape index (κ3) is 5.46. The largest absolute Gasteiger partial charge is 0.495 e. The van der Waals surface area contributed by atoms with E-state index in [4.69, 9.17) is 20.8 Å². The van der Waals surface area contributed by atoms with Crippen molar-refractivity contribution in [2.45, 2.75) is 0 Å². The van der Waals surface area contributed by atoms with Crippen LogP contribution in [0.25, 0.3) is 11.3 Å². The molecule has 2 N–H and O–H groups in total. The number of nitro groups is 1. The van der Waals surface area contributed by atoms with Crippen LogP contribution in [0.15, 0.2) is 64.1 Å². The van der Waals surface area contributed by atoms with E-state index in [1.165, 1.54) is 37.6 Å². The van der Waals surface area contributed by atoms with E-state index in [1.54, 1.807) is 30.3 Å². The molecule has 0 aliphatic heterocycles. The predicted molar refractivity (Wildman–Crippen MR) is 113 cm³/mol. The minimum atomic E-state index is -1.01. The summed E-state index contributed by atoms with van der Waals surface area (Å²) in [5, 5.41) is 17.2. The van der Waals surface area contributed by atoms with Gasteiger partial charge in [0.15, 0.2) is 0 Å². The molecule has 31 heavy (non-hydrogen) atoms. The lowest BCUT2D eigenvalue weighted by Crippen LogP contribution is -2.32. The van der Waals surface area contributed by atoms with E-state index in [1.807, 2.05) is 0 Å². The van der Waals surface area contributed by atoms with Gasteiger partial charge in [0, 0.05) is 23.4 Å².